The van der Waals surface area contributed by atoms with Crippen LogP contribution in [-0.2, 0) is 4.79 Å². The Bertz CT molecular complexity index is 1410. The summed E-state index contributed by atoms with van der Waals surface area (Å²) in [7, 11) is 0. The lowest BCUT2D eigenvalue weighted by Crippen LogP contribution is -2.18. The molecule has 11 heteroatoms. The monoisotopic (exact) mass is 572 g/mol. The van der Waals surface area contributed by atoms with E-state index in [9.17, 15) is 22.8 Å². The van der Waals surface area contributed by atoms with Gasteiger partial charge in [-0.3, -0.25) is 9.59 Å². The number of hydrogen-bond donors (Lipinski definition) is 2. The smallest absolute Gasteiger partial charge is 0.257 e. The topological polar surface area (TPSA) is 58.2 Å². The number of amides is 2. The fourth-order valence-electron chi connectivity index (χ4n) is 3.79. The average molecular weight is 574 g/mol. The Labute approximate surface area is 224 Å². The van der Waals surface area contributed by atoms with Crippen LogP contribution in [0.25, 0.3) is 5.83 Å². The lowest BCUT2D eigenvalue weighted by molar-refractivity contribution is -0.117. The first-order valence-electron chi connectivity index (χ1n) is 10.3. The van der Waals surface area contributed by atoms with Gasteiger partial charge in [0.2, 0.25) is 5.91 Å². The quantitative estimate of drug-likeness (QED) is 0.294. The van der Waals surface area contributed by atoms with E-state index in [0.717, 1.165) is 12.1 Å². The van der Waals surface area contributed by atoms with E-state index < -0.39 is 45.4 Å². The third kappa shape index (κ3) is 5.20. The number of rotatable bonds is 6. The Balaban J connectivity index is 1.52. The molecule has 1 aliphatic carbocycles. The summed E-state index contributed by atoms with van der Waals surface area (Å²) in [5, 5.41) is 5.11. The van der Waals surface area contributed by atoms with Crippen molar-refractivity contribution in [3.05, 3.63) is 99.5 Å². The largest absolute Gasteiger partial charge is 0.326 e. The van der Waals surface area contributed by atoms with E-state index in [4.69, 9.17) is 46.4 Å². The Morgan fingerprint density at radius 3 is 2.22 bits per heavy atom. The van der Waals surface area contributed by atoms with Crippen molar-refractivity contribution >= 4 is 75.4 Å². The second-order valence-electron chi connectivity index (χ2n) is 8.04. The lowest BCUT2D eigenvalue weighted by atomic mass is 10.0. The zero-order valence-electron chi connectivity index (χ0n) is 18.0. The molecule has 186 valence electrons. The third-order valence-corrected chi connectivity index (χ3v) is 7.24. The number of alkyl halides is 2. The predicted molar refractivity (Wildman–Crippen MR) is 137 cm³/mol. The van der Waals surface area contributed by atoms with Crippen molar-refractivity contribution in [2.75, 3.05) is 10.6 Å². The highest BCUT2D eigenvalue weighted by Gasteiger charge is 2.67. The average Bonchev–Trinajstić information content (AvgIpc) is 3.39. The number of carbonyl (C=O) groups excluding carboxylic acids is 2. The molecule has 0 aromatic heterocycles. The van der Waals surface area contributed by atoms with Gasteiger partial charge in [-0.2, -0.15) is 0 Å². The zero-order valence-corrected chi connectivity index (χ0v) is 21.0. The fraction of sp³-hybridized carbons (Fsp3) is 0.120. The molecule has 36 heavy (non-hydrogen) atoms. The molecule has 0 heterocycles. The second kappa shape index (κ2) is 9.98. The van der Waals surface area contributed by atoms with Crippen molar-refractivity contribution in [2.24, 2.45) is 5.92 Å². The summed E-state index contributed by atoms with van der Waals surface area (Å²) in [5.41, 5.74) is 0.432. The predicted octanol–water partition coefficient (Wildman–Crippen LogP) is 7.99. The Morgan fingerprint density at radius 1 is 0.889 bits per heavy atom. The molecule has 0 spiro atoms. The molecule has 2 N–H and O–H groups in total. The van der Waals surface area contributed by atoms with Crippen LogP contribution in [0.2, 0.25) is 10.0 Å². The molecule has 1 fully saturated rings. The van der Waals surface area contributed by atoms with Gasteiger partial charge in [-0.25, -0.2) is 13.2 Å². The summed E-state index contributed by atoms with van der Waals surface area (Å²) in [6.07, 6.45) is 0. The van der Waals surface area contributed by atoms with Gasteiger partial charge in [-0.1, -0.05) is 35.8 Å². The number of nitrogens with one attached hydrogen (secondary N) is 2. The van der Waals surface area contributed by atoms with Gasteiger partial charge in [0.25, 0.3) is 5.91 Å². The summed E-state index contributed by atoms with van der Waals surface area (Å²) in [4.78, 5) is 25.6. The molecule has 2 atom stereocenters. The zero-order chi connectivity index (χ0) is 26.4. The van der Waals surface area contributed by atoms with Gasteiger partial charge in [0.1, 0.15) is 21.8 Å². The highest BCUT2D eigenvalue weighted by atomic mass is 35.5. The van der Waals surface area contributed by atoms with Crippen molar-refractivity contribution in [3.63, 3.8) is 0 Å². The summed E-state index contributed by atoms with van der Waals surface area (Å²) in [6.45, 7) is 3.24. The molecule has 0 radical (unpaired) electrons. The van der Waals surface area contributed by atoms with Crippen LogP contribution in [0.4, 0.5) is 24.5 Å². The molecule has 0 unspecified atom stereocenters. The number of halogens is 7. The van der Waals surface area contributed by atoms with Crippen molar-refractivity contribution in [1.82, 2.24) is 0 Å². The summed E-state index contributed by atoms with van der Waals surface area (Å²) in [5.74, 6) is -5.41. The van der Waals surface area contributed by atoms with Gasteiger partial charge < -0.3 is 10.6 Å². The molecule has 4 nitrogen and oxygen atoms in total. The van der Waals surface area contributed by atoms with Crippen LogP contribution in [0.1, 0.15) is 27.4 Å². The maximum Gasteiger partial charge on any atom is 0.257 e. The van der Waals surface area contributed by atoms with Crippen molar-refractivity contribution in [1.29, 1.82) is 0 Å². The van der Waals surface area contributed by atoms with Gasteiger partial charge in [0, 0.05) is 23.2 Å². The number of carbonyl (C=O) groups is 2. The minimum Gasteiger partial charge on any atom is -0.326 e. The Morgan fingerprint density at radius 2 is 1.56 bits per heavy atom. The van der Waals surface area contributed by atoms with Gasteiger partial charge in [-0.05, 0) is 48.0 Å². The molecule has 3 aromatic carbocycles. The van der Waals surface area contributed by atoms with Crippen LogP contribution >= 0.6 is 46.4 Å². The molecule has 1 aliphatic rings. The highest BCUT2D eigenvalue weighted by molar-refractivity contribution is 6.53. The molecule has 4 rings (SSSR count). The molecule has 0 bridgehead atoms. The SMILES string of the molecule is C=C(F)c1cc([C@H]2[C@H](C(=O)Nc3ccc(Cl)c(C(=O)Nc4ccc(F)cc4F)c3)C2(Cl)Cl)ccc1Cl. The van der Waals surface area contributed by atoms with Crippen LogP contribution < -0.4 is 10.6 Å². The molecule has 1 saturated carbocycles. The van der Waals surface area contributed by atoms with Gasteiger partial charge >= 0.3 is 0 Å². The maximum atomic E-state index is 13.9. The van der Waals surface area contributed by atoms with Crippen LogP contribution in [0, 0.1) is 17.6 Å². The molecular formula is C25H15Cl4F3N2O2. The molecule has 0 aliphatic heterocycles. The van der Waals surface area contributed by atoms with E-state index in [1.165, 1.54) is 30.3 Å². The summed E-state index contributed by atoms with van der Waals surface area (Å²) in [6, 6.07) is 11.3. The maximum absolute atomic E-state index is 13.9. The van der Waals surface area contributed by atoms with E-state index in [2.05, 4.69) is 17.2 Å². The Hall–Kier alpha value is -2.71. The molecule has 0 saturated heterocycles. The van der Waals surface area contributed by atoms with E-state index in [-0.39, 0.29) is 32.5 Å². The number of anilines is 2. The number of benzene rings is 3. The van der Waals surface area contributed by atoms with E-state index in [0.29, 0.717) is 11.6 Å². The van der Waals surface area contributed by atoms with Crippen LogP contribution in [0.15, 0.2) is 61.2 Å². The first-order valence-corrected chi connectivity index (χ1v) is 11.8. The Kier molecular flexibility index (Phi) is 7.30. The molecule has 2 amide bonds. The highest BCUT2D eigenvalue weighted by Crippen LogP contribution is 2.65. The van der Waals surface area contributed by atoms with Gasteiger partial charge in [-0.15, -0.1) is 23.2 Å². The minimum atomic E-state index is -1.47. The van der Waals surface area contributed by atoms with Crippen molar-refractivity contribution in [2.45, 2.75) is 10.3 Å². The number of hydrogen-bond acceptors (Lipinski definition) is 2. The fourth-order valence-corrected chi connectivity index (χ4v) is 5.04. The van der Waals surface area contributed by atoms with Crippen LogP contribution in [0.5, 0.6) is 0 Å². The third-order valence-electron chi connectivity index (χ3n) is 5.64. The normalized spacial score (nSPS) is 17.9. The second-order valence-corrected chi connectivity index (χ2v) is 10.3. The van der Waals surface area contributed by atoms with Gasteiger partial charge in [0.15, 0.2) is 0 Å². The van der Waals surface area contributed by atoms with E-state index >= 15 is 0 Å². The molecular weight excluding hydrogens is 559 g/mol. The first kappa shape index (κ1) is 26.4. The van der Waals surface area contributed by atoms with Crippen molar-refractivity contribution in [3.8, 4) is 0 Å². The lowest BCUT2D eigenvalue weighted by Gasteiger charge is -2.11. The van der Waals surface area contributed by atoms with Gasteiger partial charge in [0.05, 0.1) is 27.2 Å². The standard InChI is InChI=1S/C25H15Cl4F3N2O2/c1-11(30)15-8-12(2-5-17(15)26)21-22(25(21,28)29)24(36)33-14-4-6-18(27)16(10-14)23(35)34-20-7-3-13(31)9-19(20)32/h2-10,21-22H,1H2,(H,33,36)(H,34,35)/t21-,22+/m0/s1. The van der Waals surface area contributed by atoms with Crippen LogP contribution in [-0.4, -0.2) is 16.1 Å². The first-order chi connectivity index (χ1) is 16.9. The van der Waals surface area contributed by atoms with Crippen molar-refractivity contribution < 1.29 is 22.8 Å². The van der Waals surface area contributed by atoms with E-state index in [1.807, 2.05) is 0 Å². The molecule has 3 aromatic rings. The van der Waals surface area contributed by atoms with E-state index in [1.54, 1.807) is 6.07 Å². The summed E-state index contributed by atoms with van der Waals surface area (Å²) < 4.78 is 39.3. The summed E-state index contributed by atoms with van der Waals surface area (Å²) >= 11 is 24.8. The minimum absolute atomic E-state index is 0.0292. The van der Waals surface area contributed by atoms with Crippen LogP contribution in [0.3, 0.4) is 0 Å².